The Labute approximate surface area is 119 Å². The van der Waals surface area contributed by atoms with Gasteiger partial charge in [0.15, 0.2) is 11.7 Å². The van der Waals surface area contributed by atoms with Crippen molar-refractivity contribution in [3.8, 4) is 0 Å². The lowest BCUT2D eigenvalue weighted by molar-refractivity contribution is -0.345. The van der Waals surface area contributed by atoms with Crippen LogP contribution in [-0.2, 0) is 28.6 Å². The Morgan fingerprint density at radius 3 is 2.24 bits per heavy atom. The zero-order chi connectivity index (χ0) is 15.8. The second-order valence-electron chi connectivity index (χ2n) is 5.07. The van der Waals surface area contributed by atoms with E-state index in [2.05, 4.69) is 0 Å². The van der Waals surface area contributed by atoms with Gasteiger partial charge in [0.05, 0.1) is 6.61 Å². The fourth-order valence-corrected chi connectivity index (χ4v) is 2.52. The van der Waals surface area contributed by atoms with Crippen molar-refractivity contribution in [3.63, 3.8) is 0 Å². The Balaban J connectivity index is 2.28. The first kappa shape index (κ1) is 15.7. The summed E-state index contributed by atoms with van der Waals surface area (Å²) >= 11 is 0. The Kier molecular flexibility index (Phi) is 3.91. The first-order valence-corrected chi connectivity index (χ1v) is 6.45. The van der Waals surface area contributed by atoms with Gasteiger partial charge in [0, 0.05) is 6.42 Å². The Morgan fingerprint density at radius 1 is 1.14 bits per heavy atom. The highest BCUT2D eigenvalue weighted by molar-refractivity contribution is 5.80. The molecule has 0 aromatic rings. The predicted molar refractivity (Wildman–Crippen MR) is 63.6 cm³/mol. The Morgan fingerprint density at radius 2 is 1.81 bits per heavy atom. The molecule has 21 heavy (non-hydrogen) atoms. The summed E-state index contributed by atoms with van der Waals surface area (Å²) in [5, 5.41) is 27.4. The molecule has 1 spiro atoms. The van der Waals surface area contributed by atoms with Crippen LogP contribution in [0.25, 0.3) is 0 Å². The van der Waals surface area contributed by atoms with Gasteiger partial charge in [-0.15, -0.1) is 0 Å². The SMILES string of the molecule is CCC1(C(=O)O)CO[C@@]2(CC[C@H](C(=O)O)O2)C(C(=O)O)O1. The molecule has 0 saturated carbocycles. The maximum absolute atomic E-state index is 11.4. The van der Waals surface area contributed by atoms with Crippen molar-refractivity contribution in [2.24, 2.45) is 0 Å². The van der Waals surface area contributed by atoms with E-state index in [0.29, 0.717) is 0 Å². The maximum atomic E-state index is 11.4. The summed E-state index contributed by atoms with van der Waals surface area (Å²) in [7, 11) is 0. The van der Waals surface area contributed by atoms with Crippen LogP contribution >= 0.6 is 0 Å². The fourth-order valence-electron chi connectivity index (χ4n) is 2.52. The van der Waals surface area contributed by atoms with E-state index in [-0.39, 0.29) is 19.3 Å². The number of ether oxygens (including phenoxy) is 3. The lowest BCUT2D eigenvalue weighted by atomic mass is 9.96. The third kappa shape index (κ3) is 2.47. The molecule has 2 saturated heterocycles. The third-order valence-corrected chi connectivity index (χ3v) is 3.85. The standard InChI is InChI=1S/C12H16O9/c1-2-11(10(17)18)5-19-12(7(21-11)9(15)16)4-3-6(20-12)8(13)14/h6-7H,2-5H2,1H3,(H,13,14)(H,15,16)(H,17,18)/t6-,7?,11?,12-/m1/s1. The topological polar surface area (TPSA) is 140 Å². The molecule has 9 heteroatoms. The van der Waals surface area contributed by atoms with Gasteiger partial charge in [-0.1, -0.05) is 6.92 Å². The number of hydrogen-bond donors (Lipinski definition) is 3. The van der Waals surface area contributed by atoms with Crippen LogP contribution in [0, 0.1) is 0 Å². The third-order valence-electron chi connectivity index (χ3n) is 3.85. The van der Waals surface area contributed by atoms with Crippen LogP contribution in [0.2, 0.25) is 0 Å². The predicted octanol–water partition coefficient (Wildman–Crippen LogP) is -0.320. The summed E-state index contributed by atoms with van der Waals surface area (Å²) in [5.41, 5.74) is -1.78. The number of hydrogen-bond acceptors (Lipinski definition) is 6. The van der Waals surface area contributed by atoms with Crippen molar-refractivity contribution in [2.75, 3.05) is 6.61 Å². The highest BCUT2D eigenvalue weighted by atomic mass is 16.8. The number of aliphatic carboxylic acids is 3. The summed E-state index contributed by atoms with van der Waals surface area (Å²) in [6.45, 7) is 1.12. The lowest BCUT2D eigenvalue weighted by Gasteiger charge is -2.45. The van der Waals surface area contributed by atoms with Crippen molar-refractivity contribution in [1.82, 2.24) is 0 Å². The van der Waals surface area contributed by atoms with Gasteiger partial charge < -0.3 is 29.5 Å². The molecule has 2 unspecified atom stereocenters. The average Bonchev–Trinajstić information content (AvgIpc) is 2.84. The number of carbonyl (C=O) groups is 3. The minimum atomic E-state index is -1.78. The minimum Gasteiger partial charge on any atom is -0.479 e. The Hall–Kier alpha value is -1.71. The van der Waals surface area contributed by atoms with Crippen LogP contribution in [0.4, 0.5) is 0 Å². The van der Waals surface area contributed by atoms with E-state index in [9.17, 15) is 24.6 Å². The van der Waals surface area contributed by atoms with Crippen molar-refractivity contribution >= 4 is 17.9 Å². The van der Waals surface area contributed by atoms with Gasteiger partial charge >= 0.3 is 17.9 Å². The molecule has 2 rings (SSSR count). The van der Waals surface area contributed by atoms with E-state index >= 15 is 0 Å². The van der Waals surface area contributed by atoms with E-state index < -0.39 is 48.1 Å². The molecular weight excluding hydrogens is 288 g/mol. The average molecular weight is 304 g/mol. The lowest BCUT2D eigenvalue weighted by Crippen LogP contribution is -2.64. The van der Waals surface area contributed by atoms with Gasteiger partial charge in [0.2, 0.25) is 11.9 Å². The number of carboxylic acids is 3. The van der Waals surface area contributed by atoms with E-state index in [1.165, 1.54) is 6.92 Å². The molecule has 4 atom stereocenters. The summed E-state index contributed by atoms with van der Waals surface area (Å²) < 4.78 is 15.9. The molecule has 9 nitrogen and oxygen atoms in total. The smallest absolute Gasteiger partial charge is 0.338 e. The molecule has 0 aromatic carbocycles. The second kappa shape index (κ2) is 5.24. The molecule has 118 valence electrons. The number of carboxylic acid groups (broad SMARTS) is 3. The fraction of sp³-hybridized carbons (Fsp3) is 0.750. The Bertz CT molecular complexity index is 475. The van der Waals surface area contributed by atoms with Crippen molar-refractivity contribution in [3.05, 3.63) is 0 Å². The van der Waals surface area contributed by atoms with Gasteiger partial charge in [-0.3, -0.25) is 0 Å². The van der Waals surface area contributed by atoms with Crippen LogP contribution in [0.5, 0.6) is 0 Å². The second-order valence-corrected chi connectivity index (χ2v) is 5.07. The van der Waals surface area contributed by atoms with Crippen LogP contribution in [0.1, 0.15) is 26.2 Å². The van der Waals surface area contributed by atoms with Gasteiger partial charge in [-0.05, 0) is 12.8 Å². The summed E-state index contributed by atoms with van der Waals surface area (Å²) in [6, 6.07) is 0. The molecule has 0 radical (unpaired) electrons. The highest BCUT2D eigenvalue weighted by Crippen LogP contribution is 2.42. The van der Waals surface area contributed by atoms with Crippen molar-refractivity contribution < 1.29 is 43.9 Å². The first-order valence-electron chi connectivity index (χ1n) is 6.45. The highest BCUT2D eigenvalue weighted by Gasteiger charge is 2.61. The molecule has 0 aromatic heterocycles. The van der Waals surface area contributed by atoms with Gasteiger partial charge in [0.25, 0.3) is 0 Å². The normalized spacial score (nSPS) is 39.3. The largest absolute Gasteiger partial charge is 0.479 e. The van der Waals surface area contributed by atoms with Crippen molar-refractivity contribution in [2.45, 2.75) is 49.8 Å². The summed E-state index contributed by atoms with van der Waals surface area (Å²) in [6.07, 6.45) is -2.83. The van der Waals surface area contributed by atoms with Crippen LogP contribution in [0.3, 0.4) is 0 Å². The quantitative estimate of drug-likeness (QED) is 0.637. The van der Waals surface area contributed by atoms with Gasteiger partial charge in [0.1, 0.15) is 0 Å². The zero-order valence-corrected chi connectivity index (χ0v) is 11.3. The minimum absolute atomic E-state index is 0.000344. The van der Waals surface area contributed by atoms with E-state index in [4.69, 9.17) is 19.3 Å². The van der Waals surface area contributed by atoms with Crippen LogP contribution < -0.4 is 0 Å². The van der Waals surface area contributed by atoms with E-state index in [1.54, 1.807) is 0 Å². The number of rotatable bonds is 4. The monoisotopic (exact) mass is 304 g/mol. The molecule has 2 aliphatic rings. The molecule has 2 aliphatic heterocycles. The van der Waals surface area contributed by atoms with Crippen LogP contribution in [-0.4, -0.2) is 63.4 Å². The molecule has 0 bridgehead atoms. The van der Waals surface area contributed by atoms with Gasteiger partial charge in [-0.25, -0.2) is 14.4 Å². The molecular formula is C12H16O9. The molecule has 0 aliphatic carbocycles. The summed E-state index contributed by atoms with van der Waals surface area (Å²) in [4.78, 5) is 33.6. The molecule has 2 fully saturated rings. The van der Waals surface area contributed by atoms with E-state index in [1.807, 2.05) is 0 Å². The maximum Gasteiger partial charge on any atom is 0.338 e. The van der Waals surface area contributed by atoms with Crippen LogP contribution in [0.15, 0.2) is 0 Å². The molecule has 0 amide bonds. The molecule has 3 N–H and O–H groups in total. The van der Waals surface area contributed by atoms with E-state index in [0.717, 1.165) is 0 Å². The van der Waals surface area contributed by atoms with Crippen molar-refractivity contribution in [1.29, 1.82) is 0 Å². The first-order chi connectivity index (χ1) is 9.76. The molecule has 2 heterocycles. The summed E-state index contributed by atoms with van der Waals surface area (Å²) in [5.74, 6) is -5.79. The van der Waals surface area contributed by atoms with Gasteiger partial charge in [-0.2, -0.15) is 0 Å². The zero-order valence-electron chi connectivity index (χ0n) is 11.3.